The van der Waals surface area contributed by atoms with Crippen LogP contribution >= 0.6 is 0 Å². The molecule has 0 radical (unpaired) electrons. The molecule has 5 nitrogen and oxygen atoms in total. The predicted octanol–water partition coefficient (Wildman–Crippen LogP) is 2.72. The van der Waals surface area contributed by atoms with Crippen LogP contribution in [-0.4, -0.2) is 31.6 Å². The van der Waals surface area contributed by atoms with E-state index in [0.29, 0.717) is 30.3 Å². The molecule has 22 heavy (non-hydrogen) atoms. The number of amides is 1. The second-order valence-electron chi connectivity index (χ2n) is 5.62. The highest BCUT2D eigenvalue weighted by Gasteiger charge is 2.15. The minimum absolute atomic E-state index is 0.0975. The Labute approximate surface area is 131 Å². The fraction of sp³-hybridized carbons (Fsp3) is 0.529. The smallest absolute Gasteiger partial charge is 0.339 e. The summed E-state index contributed by atoms with van der Waals surface area (Å²) in [6.45, 7) is 0.664. The van der Waals surface area contributed by atoms with E-state index in [1.165, 1.54) is 39.2 Å². The van der Waals surface area contributed by atoms with Crippen LogP contribution in [0.1, 0.15) is 48.9 Å². The molecule has 120 valence electrons. The molecule has 1 aliphatic rings. The SMILES string of the molecule is COC(=O)c1ccccc1NC(=O)CCNC1CCCCC1. The summed E-state index contributed by atoms with van der Waals surface area (Å²) in [4.78, 5) is 23.7. The molecule has 1 fully saturated rings. The highest BCUT2D eigenvalue weighted by molar-refractivity contribution is 6.01. The summed E-state index contributed by atoms with van der Waals surface area (Å²) in [6.07, 6.45) is 6.67. The summed E-state index contributed by atoms with van der Waals surface area (Å²) in [6, 6.07) is 7.42. The number of nitrogens with one attached hydrogen (secondary N) is 2. The zero-order valence-corrected chi connectivity index (χ0v) is 13.1. The Morgan fingerprint density at radius 3 is 2.64 bits per heavy atom. The molecule has 1 aliphatic carbocycles. The molecule has 1 aromatic rings. The average Bonchev–Trinajstić information content (AvgIpc) is 2.55. The maximum Gasteiger partial charge on any atom is 0.339 e. The summed E-state index contributed by atoms with van der Waals surface area (Å²) in [5.74, 6) is -0.545. The van der Waals surface area contributed by atoms with Gasteiger partial charge in [0.25, 0.3) is 0 Å². The summed E-state index contributed by atoms with van der Waals surface area (Å²) in [7, 11) is 1.33. The van der Waals surface area contributed by atoms with Crippen molar-refractivity contribution in [1.82, 2.24) is 5.32 Å². The van der Waals surface area contributed by atoms with Gasteiger partial charge >= 0.3 is 5.97 Å². The number of anilines is 1. The van der Waals surface area contributed by atoms with Crippen molar-refractivity contribution in [2.24, 2.45) is 0 Å². The van der Waals surface area contributed by atoms with Crippen molar-refractivity contribution in [3.8, 4) is 0 Å². The molecular formula is C17H24N2O3. The van der Waals surface area contributed by atoms with E-state index >= 15 is 0 Å². The number of rotatable bonds is 6. The molecule has 0 heterocycles. The van der Waals surface area contributed by atoms with Crippen molar-refractivity contribution in [2.75, 3.05) is 19.0 Å². The van der Waals surface area contributed by atoms with E-state index in [-0.39, 0.29) is 5.91 Å². The Balaban J connectivity index is 1.80. The Bertz CT molecular complexity index is 510. The Kier molecular flexibility index (Phi) is 6.40. The van der Waals surface area contributed by atoms with Gasteiger partial charge in [-0.25, -0.2) is 4.79 Å². The van der Waals surface area contributed by atoms with Crippen molar-refractivity contribution < 1.29 is 14.3 Å². The number of ether oxygens (including phenoxy) is 1. The van der Waals surface area contributed by atoms with Crippen molar-refractivity contribution in [1.29, 1.82) is 0 Å². The first-order valence-corrected chi connectivity index (χ1v) is 7.91. The molecule has 1 saturated carbocycles. The number of benzene rings is 1. The van der Waals surface area contributed by atoms with Gasteiger partial charge in [-0.1, -0.05) is 31.4 Å². The molecule has 0 unspecified atom stereocenters. The zero-order chi connectivity index (χ0) is 15.8. The largest absolute Gasteiger partial charge is 0.465 e. The van der Waals surface area contributed by atoms with Crippen LogP contribution in [0, 0.1) is 0 Å². The quantitative estimate of drug-likeness (QED) is 0.793. The fourth-order valence-corrected chi connectivity index (χ4v) is 2.79. The fourth-order valence-electron chi connectivity index (χ4n) is 2.79. The van der Waals surface area contributed by atoms with Gasteiger partial charge in [0.05, 0.1) is 18.4 Å². The number of hydrogen-bond acceptors (Lipinski definition) is 4. The highest BCUT2D eigenvalue weighted by Crippen LogP contribution is 2.18. The molecule has 2 N–H and O–H groups in total. The van der Waals surface area contributed by atoms with E-state index in [1.54, 1.807) is 24.3 Å². The number of hydrogen-bond donors (Lipinski definition) is 2. The summed E-state index contributed by atoms with van der Waals surface area (Å²) < 4.78 is 4.72. The predicted molar refractivity (Wildman–Crippen MR) is 85.9 cm³/mol. The highest BCUT2D eigenvalue weighted by atomic mass is 16.5. The first-order valence-electron chi connectivity index (χ1n) is 7.91. The van der Waals surface area contributed by atoms with Crippen molar-refractivity contribution in [2.45, 2.75) is 44.6 Å². The molecule has 0 spiro atoms. The van der Waals surface area contributed by atoms with Crippen LogP contribution in [0.2, 0.25) is 0 Å². The van der Waals surface area contributed by atoms with Gasteiger partial charge in [0, 0.05) is 19.0 Å². The first-order chi connectivity index (χ1) is 10.7. The molecule has 0 bridgehead atoms. The minimum atomic E-state index is -0.448. The standard InChI is InChI=1S/C17H24N2O3/c1-22-17(21)14-9-5-6-10-15(14)19-16(20)11-12-18-13-7-3-2-4-8-13/h5-6,9-10,13,18H,2-4,7-8,11-12H2,1H3,(H,19,20). The number of carbonyl (C=O) groups excluding carboxylic acids is 2. The van der Waals surface area contributed by atoms with Crippen LogP contribution in [0.5, 0.6) is 0 Å². The van der Waals surface area contributed by atoms with E-state index in [9.17, 15) is 9.59 Å². The number of carbonyl (C=O) groups is 2. The normalized spacial score (nSPS) is 15.3. The molecular weight excluding hydrogens is 280 g/mol. The Hall–Kier alpha value is -1.88. The lowest BCUT2D eigenvalue weighted by atomic mass is 9.95. The number of methoxy groups -OCH3 is 1. The van der Waals surface area contributed by atoms with Gasteiger partial charge in [-0.05, 0) is 25.0 Å². The maximum atomic E-state index is 12.0. The van der Waals surface area contributed by atoms with Crippen molar-refractivity contribution >= 4 is 17.6 Å². The van der Waals surface area contributed by atoms with Gasteiger partial charge in [-0.2, -0.15) is 0 Å². The van der Waals surface area contributed by atoms with Crippen LogP contribution in [0.4, 0.5) is 5.69 Å². The molecule has 0 aliphatic heterocycles. The summed E-state index contributed by atoms with van der Waals surface area (Å²) in [5.41, 5.74) is 0.871. The monoisotopic (exact) mass is 304 g/mol. The van der Waals surface area contributed by atoms with E-state index in [2.05, 4.69) is 10.6 Å². The van der Waals surface area contributed by atoms with Gasteiger partial charge in [0.15, 0.2) is 0 Å². The van der Waals surface area contributed by atoms with Crippen molar-refractivity contribution in [3.63, 3.8) is 0 Å². The number of esters is 1. The molecule has 5 heteroatoms. The third-order valence-corrected chi connectivity index (χ3v) is 4.00. The first kappa shape index (κ1) is 16.5. The lowest BCUT2D eigenvalue weighted by Crippen LogP contribution is -2.33. The molecule has 2 rings (SSSR count). The lowest BCUT2D eigenvalue weighted by Gasteiger charge is -2.22. The summed E-state index contributed by atoms with van der Waals surface area (Å²) >= 11 is 0. The van der Waals surface area contributed by atoms with Crippen LogP contribution in [0.25, 0.3) is 0 Å². The third-order valence-electron chi connectivity index (χ3n) is 4.00. The number of para-hydroxylation sites is 1. The Morgan fingerprint density at radius 2 is 1.91 bits per heavy atom. The van der Waals surface area contributed by atoms with Gasteiger partial charge in [0.2, 0.25) is 5.91 Å². The van der Waals surface area contributed by atoms with Crippen LogP contribution in [0.15, 0.2) is 24.3 Å². The van der Waals surface area contributed by atoms with Gasteiger partial charge < -0.3 is 15.4 Å². The van der Waals surface area contributed by atoms with Gasteiger partial charge in [-0.15, -0.1) is 0 Å². The Morgan fingerprint density at radius 1 is 1.18 bits per heavy atom. The lowest BCUT2D eigenvalue weighted by molar-refractivity contribution is -0.116. The third kappa shape index (κ3) is 4.84. The van der Waals surface area contributed by atoms with E-state index in [4.69, 9.17) is 4.74 Å². The van der Waals surface area contributed by atoms with Crippen LogP contribution in [-0.2, 0) is 9.53 Å². The second-order valence-corrected chi connectivity index (χ2v) is 5.62. The molecule has 0 atom stereocenters. The minimum Gasteiger partial charge on any atom is -0.465 e. The van der Waals surface area contributed by atoms with Gasteiger partial charge in [0.1, 0.15) is 0 Å². The molecule has 0 saturated heterocycles. The molecule has 1 amide bonds. The van der Waals surface area contributed by atoms with Crippen LogP contribution < -0.4 is 10.6 Å². The van der Waals surface area contributed by atoms with E-state index in [1.807, 2.05) is 0 Å². The van der Waals surface area contributed by atoms with Crippen LogP contribution in [0.3, 0.4) is 0 Å². The maximum absolute atomic E-state index is 12.0. The van der Waals surface area contributed by atoms with E-state index < -0.39 is 5.97 Å². The zero-order valence-electron chi connectivity index (χ0n) is 13.1. The molecule has 1 aromatic carbocycles. The van der Waals surface area contributed by atoms with E-state index in [0.717, 1.165) is 0 Å². The van der Waals surface area contributed by atoms with Crippen molar-refractivity contribution in [3.05, 3.63) is 29.8 Å². The summed E-state index contributed by atoms with van der Waals surface area (Å²) in [5, 5.41) is 6.22. The topological polar surface area (TPSA) is 67.4 Å². The van der Waals surface area contributed by atoms with Gasteiger partial charge in [-0.3, -0.25) is 4.79 Å². The average molecular weight is 304 g/mol. The second kappa shape index (κ2) is 8.54. The molecule has 0 aromatic heterocycles.